The van der Waals surface area contributed by atoms with E-state index in [1.54, 1.807) is 6.20 Å². The molecule has 2 aromatic heterocycles. The highest BCUT2D eigenvalue weighted by molar-refractivity contribution is 7.47. The maximum absolute atomic E-state index is 11.8. The fourth-order valence-electron chi connectivity index (χ4n) is 2.40. The fourth-order valence-corrected chi connectivity index (χ4v) is 3.77. The number of rotatable bonds is 12. The summed E-state index contributed by atoms with van der Waals surface area (Å²) in [4.78, 5) is 21.4. The van der Waals surface area contributed by atoms with Gasteiger partial charge in [0.25, 0.3) is 5.56 Å². The Balaban J connectivity index is 1.76. The Morgan fingerprint density at radius 2 is 2.16 bits per heavy atom. The van der Waals surface area contributed by atoms with Crippen LogP contribution in [0.1, 0.15) is 38.7 Å². The van der Waals surface area contributed by atoms with Crippen LogP contribution in [0.15, 0.2) is 11.0 Å². The van der Waals surface area contributed by atoms with E-state index >= 15 is 0 Å². The van der Waals surface area contributed by atoms with Crippen molar-refractivity contribution >= 4 is 25.4 Å². The molecule has 0 spiro atoms. The molecule has 1 atom stereocenters. The first-order valence-corrected chi connectivity index (χ1v) is 10.1. The molecule has 0 radical (unpaired) electrons. The molecule has 0 saturated heterocycles. The molecule has 140 valence electrons. The van der Waals surface area contributed by atoms with E-state index in [0.717, 1.165) is 44.1 Å². The molecule has 0 fully saturated rings. The Bertz CT molecular complexity index is 703. The molecule has 9 heteroatoms. The zero-order valence-corrected chi connectivity index (χ0v) is 15.8. The van der Waals surface area contributed by atoms with Crippen LogP contribution in [0.4, 0.5) is 5.95 Å². The number of aromatic nitrogens is 3. The van der Waals surface area contributed by atoms with Crippen LogP contribution in [-0.2, 0) is 15.6 Å². The molecule has 2 aromatic rings. The van der Waals surface area contributed by atoms with Crippen molar-refractivity contribution in [1.82, 2.24) is 20.3 Å². The number of H-pyrrole nitrogens is 2. The van der Waals surface area contributed by atoms with Crippen LogP contribution in [0, 0.1) is 0 Å². The van der Waals surface area contributed by atoms with E-state index in [2.05, 4.69) is 27.2 Å². The largest absolute Gasteiger partial charge is 0.369 e. The Kier molecular flexibility index (Phi) is 8.34. The molecule has 0 amide bonds. The first kappa shape index (κ1) is 19.8. The van der Waals surface area contributed by atoms with Gasteiger partial charge in [0.1, 0.15) is 11.0 Å². The maximum Gasteiger partial charge on any atom is 0.276 e. The van der Waals surface area contributed by atoms with Gasteiger partial charge >= 0.3 is 0 Å². The number of unbranched alkanes of at least 4 members (excludes halogenated alkanes) is 1. The van der Waals surface area contributed by atoms with Gasteiger partial charge in [0, 0.05) is 24.5 Å². The van der Waals surface area contributed by atoms with E-state index in [4.69, 9.17) is 14.8 Å². The van der Waals surface area contributed by atoms with Crippen LogP contribution in [0.2, 0.25) is 0 Å². The van der Waals surface area contributed by atoms with Crippen LogP contribution < -0.4 is 16.6 Å². The molecule has 0 saturated carbocycles. The van der Waals surface area contributed by atoms with E-state index < -0.39 is 8.38 Å². The van der Waals surface area contributed by atoms with Gasteiger partial charge in [-0.05, 0) is 26.3 Å². The predicted octanol–water partition coefficient (Wildman–Crippen LogP) is 2.48. The van der Waals surface area contributed by atoms with Gasteiger partial charge in [-0.25, -0.2) is 4.98 Å². The molecular weight excluding hydrogens is 341 g/mol. The second-order valence-corrected chi connectivity index (χ2v) is 7.31. The van der Waals surface area contributed by atoms with Crippen molar-refractivity contribution in [2.75, 3.05) is 31.7 Å². The average Bonchev–Trinajstić information content (AvgIpc) is 2.98. The van der Waals surface area contributed by atoms with Gasteiger partial charge in [0.15, 0.2) is 8.38 Å². The quantitative estimate of drug-likeness (QED) is 0.337. The van der Waals surface area contributed by atoms with Crippen molar-refractivity contribution < 1.29 is 9.05 Å². The van der Waals surface area contributed by atoms with Crippen molar-refractivity contribution in [3.8, 4) is 0 Å². The first-order valence-electron chi connectivity index (χ1n) is 8.75. The van der Waals surface area contributed by atoms with Gasteiger partial charge in [0.05, 0.1) is 13.2 Å². The maximum atomic E-state index is 11.8. The molecule has 2 rings (SSSR count). The Labute approximate surface area is 148 Å². The van der Waals surface area contributed by atoms with Crippen LogP contribution in [0.3, 0.4) is 0 Å². The Morgan fingerprint density at radius 1 is 1.32 bits per heavy atom. The zero-order valence-electron chi connectivity index (χ0n) is 14.9. The summed E-state index contributed by atoms with van der Waals surface area (Å²) in [5.74, 6) is 0.130. The van der Waals surface area contributed by atoms with Gasteiger partial charge < -0.3 is 25.1 Å². The summed E-state index contributed by atoms with van der Waals surface area (Å²) in [5.41, 5.74) is 7.37. The summed E-state index contributed by atoms with van der Waals surface area (Å²) in [6.07, 6.45) is 5.87. The minimum Gasteiger partial charge on any atom is -0.369 e. The molecule has 5 N–H and O–H groups in total. The van der Waals surface area contributed by atoms with Crippen molar-refractivity contribution in [2.24, 2.45) is 0 Å². The lowest BCUT2D eigenvalue weighted by Gasteiger charge is -2.16. The van der Waals surface area contributed by atoms with Gasteiger partial charge in [-0.3, -0.25) is 9.78 Å². The van der Waals surface area contributed by atoms with E-state index in [1.807, 2.05) is 6.92 Å². The lowest BCUT2D eigenvalue weighted by atomic mass is 10.3. The number of aromatic amines is 2. The SMILES string of the molecule is CCCCOP(CCCNCc1c[nH]c2c(=O)[nH]c(N)nc12)OCC. The smallest absolute Gasteiger partial charge is 0.276 e. The highest BCUT2D eigenvalue weighted by Gasteiger charge is 2.11. The lowest BCUT2D eigenvalue weighted by molar-refractivity contribution is 0.254. The highest BCUT2D eigenvalue weighted by atomic mass is 31.2. The van der Waals surface area contributed by atoms with Crippen LogP contribution in [0.5, 0.6) is 0 Å². The molecule has 25 heavy (non-hydrogen) atoms. The van der Waals surface area contributed by atoms with Gasteiger partial charge in [-0.15, -0.1) is 0 Å². The zero-order chi connectivity index (χ0) is 18.1. The third kappa shape index (κ3) is 6.08. The first-order chi connectivity index (χ1) is 12.2. The van der Waals surface area contributed by atoms with Gasteiger partial charge in [-0.2, -0.15) is 0 Å². The molecule has 2 heterocycles. The second-order valence-electron chi connectivity index (χ2n) is 5.68. The summed E-state index contributed by atoms with van der Waals surface area (Å²) < 4.78 is 11.5. The van der Waals surface area contributed by atoms with E-state index in [9.17, 15) is 4.79 Å². The third-order valence-corrected chi connectivity index (χ3v) is 5.35. The third-order valence-electron chi connectivity index (χ3n) is 3.65. The topological polar surface area (TPSA) is 118 Å². The number of nitrogen functional groups attached to an aromatic ring is 1. The molecular formula is C16H28N5O3P. The minimum absolute atomic E-state index is 0.130. The van der Waals surface area contributed by atoms with Crippen LogP contribution >= 0.6 is 8.38 Å². The summed E-state index contributed by atoms with van der Waals surface area (Å²) in [5, 5.41) is 3.37. The molecule has 0 aliphatic carbocycles. The van der Waals surface area contributed by atoms with Gasteiger partial charge in [0.2, 0.25) is 5.95 Å². The Hall–Kier alpha value is -1.47. The molecule has 1 unspecified atom stereocenters. The summed E-state index contributed by atoms with van der Waals surface area (Å²) in [6, 6.07) is 0. The van der Waals surface area contributed by atoms with Crippen molar-refractivity contribution in [1.29, 1.82) is 0 Å². The van der Waals surface area contributed by atoms with Crippen molar-refractivity contribution in [2.45, 2.75) is 39.7 Å². The number of anilines is 1. The number of nitrogens with zero attached hydrogens (tertiary/aromatic N) is 1. The highest BCUT2D eigenvalue weighted by Crippen LogP contribution is 2.38. The fraction of sp³-hybridized carbons (Fsp3) is 0.625. The average molecular weight is 369 g/mol. The van der Waals surface area contributed by atoms with Gasteiger partial charge in [-0.1, -0.05) is 13.3 Å². The molecule has 0 aliphatic heterocycles. The summed E-state index contributed by atoms with van der Waals surface area (Å²) in [6.45, 7) is 7.06. The minimum atomic E-state index is -0.791. The summed E-state index contributed by atoms with van der Waals surface area (Å²) in [7, 11) is -0.791. The normalized spacial score (nSPS) is 12.7. The predicted molar refractivity (Wildman–Crippen MR) is 102 cm³/mol. The molecule has 0 bridgehead atoms. The number of hydrogen-bond acceptors (Lipinski definition) is 6. The van der Waals surface area contributed by atoms with E-state index in [1.165, 1.54) is 0 Å². The molecule has 0 aliphatic rings. The molecule has 0 aromatic carbocycles. The number of nitrogens with two attached hydrogens (primary N) is 1. The standard InChI is InChI=1S/C16H28N5O3P/c1-3-5-8-24-25(23-4-2)9-6-7-18-10-12-11-19-14-13(12)20-16(17)21-15(14)22/h11,18-19H,3-10H2,1-2H3,(H3,17,20,21,22). The van der Waals surface area contributed by atoms with Crippen LogP contribution in [0.25, 0.3) is 11.0 Å². The van der Waals surface area contributed by atoms with Crippen LogP contribution in [-0.4, -0.2) is 40.9 Å². The number of fused-ring (bicyclic) bond motifs is 1. The number of nitrogens with one attached hydrogen (secondary N) is 3. The monoisotopic (exact) mass is 369 g/mol. The molecule has 8 nitrogen and oxygen atoms in total. The summed E-state index contributed by atoms with van der Waals surface area (Å²) >= 11 is 0. The van der Waals surface area contributed by atoms with E-state index in [0.29, 0.717) is 24.2 Å². The lowest BCUT2D eigenvalue weighted by Crippen LogP contribution is -2.16. The van der Waals surface area contributed by atoms with Crippen molar-refractivity contribution in [3.63, 3.8) is 0 Å². The van der Waals surface area contributed by atoms with E-state index in [-0.39, 0.29) is 11.5 Å². The Morgan fingerprint density at radius 3 is 2.92 bits per heavy atom. The van der Waals surface area contributed by atoms with Crippen molar-refractivity contribution in [3.05, 3.63) is 22.1 Å². The second kappa shape index (κ2) is 10.5. The number of hydrogen-bond donors (Lipinski definition) is 4.